The number of nitrogens with zero attached hydrogens (tertiary/aromatic N) is 1. The van der Waals surface area contributed by atoms with Gasteiger partial charge in [0.2, 0.25) is 0 Å². The number of hydrogen-bond acceptors (Lipinski definition) is 3. The zero-order valence-electron chi connectivity index (χ0n) is 13.9. The third-order valence-electron chi connectivity index (χ3n) is 3.53. The number of carbonyl (C=O) groups excluding carboxylic acids is 1. The standard InChI is InChI=1S/C19H20N2O3/c1-19(2,3)15-11-9-14(10-12-15)17(22)21-20-16(18(23)24)13-7-5-4-6-8-13/h4-12H,1-3H3,(H,21,22)(H,23,24)/b20-16-. The molecule has 0 radical (unpaired) electrons. The van der Waals surface area contributed by atoms with Crippen LogP contribution in [0.2, 0.25) is 0 Å². The molecule has 2 aromatic carbocycles. The summed E-state index contributed by atoms with van der Waals surface area (Å²) in [5.41, 5.74) is 4.04. The van der Waals surface area contributed by atoms with Crippen LogP contribution in [-0.2, 0) is 10.2 Å². The molecule has 0 bridgehead atoms. The molecule has 24 heavy (non-hydrogen) atoms. The second kappa shape index (κ2) is 7.08. The van der Waals surface area contributed by atoms with Gasteiger partial charge in [-0.2, -0.15) is 5.10 Å². The summed E-state index contributed by atoms with van der Waals surface area (Å²) in [5.74, 6) is -1.66. The number of hydrogen-bond donors (Lipinski definition) is 2. The van der Waals surface area contributed by atoms with Crippen molar-refractivity contribution in [2.75, 3.05) is 0 Å². The highest BCUT2D eigenvalue weighted by molar-refractivity contribution is 6.42. The Kier molecular flexibility index (Phi) is 5.14. The maximum absolute atomic E-state index is 12.2. The molecule has 0 heterocycles. The minimum Gasteiger partial charge on any atom is -0.476 e. The highest BCUT2D eigenvalue weighted by Gasteiger charge is 2.15. The van der Waals surface area contributed by atoms with Crippen LogP contribution < -0.4 is 5.43 Å². The normalized spacial score (nSPS) is 11.9. The van der Waals surface area contributed by atoms with Gasteiger partial charge in [0.1, 0.15) is 0 Å². The van der Waals surface area contributed by atoms with Crippen LogP contribution in [-0.4, -0.2) is 22.7 Å². The number of benzene rings is 2. The number of nitrogens with one attached hydrogen (secondary N) is 1. The smallest absolute Gasteiger partial charge is 0.356 e. The Labute approximate surface area is 141 Å². The average molecular weight is 324 g/mol. The number of hydrazone groups is 1. The average Bonchev–Trinajstić information content (AvgIpc) is 2.55. The van der Waals surface area contributed by atoms with E-state index < -0.39 is 11.9 Å². The fraction of sp³-hybridized carbons (Fsp3) is 0.211. The third-order valence-corrected chi connectivity index (χ3v) is 3.53. The monoisotopic (exact) mass is 324 g/mol. The fourth-order valence-electron chi connectivity index (χ4n) is 2.12. The lowest BCUT2D eigenvalue weighted by atomic mass is 9.87. The van der Waals surface area contributed by atoms with Crippen molar-refractivity contribution in [3.63, 3.8) is 0 Å². The van der Waals surface area contributed by atoms with Crippen molar-refractivity contribution in [3.8, 4) is 0 Å². The van der Waals surface area contributed by atoms with Crippen LogP contribution in [0.15, 0.2) is 59.7 Å². The Hall–Kier alpha value is -2.95. The fourth-order valence-corrected chi connectivity index (χ4v) is 2.12. The van der Waals surface area contributed by atoms with E-state index in [4.69, 9.17) is 0 Å². The van der Waals surface area contributed by atoms with E-state index >= 15 is 0 Å². The summed E-state index contributed by atoms with van der Waals surface area (Å²) in [6.45, 7) is 6.27. The number of rotatable bonds is 4. The SMILES string of the molecule is CC(C)(C)c1ccc(C(=O)N/N=C(\C(=O)O)c2ccccc2)cc1. The highest BCUT2D eigenvalue weighted by atomic mass is 16.4. The van der Waals surface area contributed by atoms with Crippen molar-refractivity contribution in [2.24, 2.45) is 5.10 Å². The van der Waals surface area contributed by atoms with Crippen molar-refractivity contribution in [1.29, 1.82) is 0 Å². The molecule has 2 aromatic rings. The van der Waals surface area contributed by atoms with Crippen molar-refractivity contribution in [1.82, 2.24) is 5.43 Å². The quantitative estimate of drug-likeness (QED) is 0.669. The minimum atomic E-state index is -1.20. The summed E-state index contributed by atoms with van der Waals surface area (Å²) in [7, 11) is 0. The van der Waals surface area contributed by atoms with Crippen LogP contribution in [0, 0.1) is 0 Å². The van der Waals surface area contributed by atoms with Crippen LogP contribution in [0.5, 0.6) is 0 Å². The summed E-state index contributed by atoms with van der Waals surface area (Å²) < 4.78 is 0. The lowest BCUT2D eigenvalue weighted by Crippen LogP contribution is -2.24. The largest absolute Gasteiger partial charge is 0.476 e. The van der Waals surface area contributed by atoms with Crippen LogP contribution in [0.25, 0.3) is 0 Å². The van der Waals surface area contributed by atoms with E-state index in [1.165, 1.54) is 0 Å². The predicted molar refractivity (Wildman–Crippen MR) is 93.2 cm³/mol. The van der Waals surface area contributed by atoms with E-state index in [0.717, 1.165) is 5.56 Å². The van der Waals surface area contributed by atoms with Crippen molar-refractivity contribution < 1.29 is 14.7 Å². The predicted octanol–water partition coefficient (Wildman–Crippen LogP) is 3.20. The Morgan fingerprint density at radius 1 is 0.917 bits per heavy atom. The second-order valence-electron chi connectivity index (χ2n) is 6.40. The maximum Gasteiger partial charge on any atom is 0.356 e. The minimum absolute atomic E-state index is 0.00303. The van der Waals surface area contributed by atoms with Crippen molar-refractivity contribution in [3.05, 3.63) is 71.3 Å². The first kappa shape index (κ1) is 17.4. The van der Waals surface area contributed by atoms with Gasteiger partial charge in [0.05, 0.1) is 0 Å². The molecule has 2 rings (SSSR count). The van der Waals surface area contributed by atoms with E-state index in [2.05, 4.69) is 31.3 Å². The van der Waals surface area contributed by atoms with Crippen molar-refractivity contribution >= 4 is 17.6 Å². The Morgan fingerprint density at radius 2 is 1.50 bits per heavy atom. The van der Waals surface area contributed by atoms with E-state index in [-0.39, 0.29) is 11.1 Å². The Balaban J connectivity index is 2.17. The Bertz CT molecular complexity index is 757. The van der Waals surface area contributed by atoms with Gasteiger partial charge in [0.15, 0.2) is 5.71 Å². The van der Waals surface area contributed by atoms with Crippen LogP contribution in [0.4, 0.5) is 0 Å². The topological polar surface area (TPSA) is 78.8 Å². The molecule has 0 unspecified atom stereocenters. The summed E-state index contributed by atoms with van der Waals surface area (Å²) in [6.07, 6.45) is 0. The maximum atomic E-state index is 12.2. The number of carboxylic acids is 1. The van der Waals surface area contributed by atoms with Gasteiger partial charge in [-0.15, -0.1) is 0 Å². The van der Waals surface area contributed by atoms with Gasteiger partial charge in [-0.05, 0) is 23.1 Å². The van der Waals surface area contributed by atoms with Gasteiger partial charge in [-0.1, -0.05) is 63.2 Å². The molecule has 5 nitrogen and oxygen atoms in total. The second-order valence-corrected chi connectivity index (χ2v) is 6.40. The molecule has 124 valence electrons. The molecule has 0 saturated heterocycles. The summed E-state index contributed by atoms with van der Waals surface area (Å²) in [4.78, 5) is 23.5. The zero-order valence-corrected chi connectivity index (χ0v) is 13.9. The molecular formula is C19H20N2O3. The molecule has 1 amide bonds. The van der Waals surface area contributed by atoms with Gasteiger partial charge >= 0.3 is 5.97 Å². The van der Waals surface area contributed by atoms with Crippen LogP contribution in [0.1, 0.15) is 42.3 Å². The molecule has 0 saturated carbocycles. The van der Waals surface area contributed by atoms with Crippen LogP contribution >= 0.6 is 0 Å². The highest BCUT2D eigenvalue weighted by Crippen LogP contribution is 2.22. The third kappa shape index (κ3) is 4.29. The van der Waals surface area contributed by atoms with E-state index in [0.29, 0.717) is 11.1 Å². The molecule has 0 aliphatic rings. The summed E-state index contributed by atoms with van der Waals surface area (Å²) >= 11 is 0. The van der Waals surface area contributed by atoms with E-state index in [1.807, 2.05) is 12.1 Å². The van der Waals surface area contributed by atoms with Crippen LogP contribution in [0.3, 0.4) is 0 Å². The lowest BCUT2D eigenvalue weighted by molar-refractivity contribution is -0.129. The number of amides is 1. The first-order valence-electron chi connectivity index (χ1n) is 7.56. The van der Waals surface area contributed by atoms with E-state index in [1.54, 1.807) is 42.5 Å². The number of carboxylic acid groups (broad SMARTS) is 1. The van der Waals surface area contributed by atoms with Gasteiger partial charge in [-0.25, -0.2) is 10.2 Å². The summed E-state index contributed by atoms with van der Waals surface area (Å²) in [5, 5.41) is 13.0. The zero-order chi connectivity index (χ0) is 17.7. The lowest BCUT2D eigenvalue weighted by Gasteiger charge is -2.18. The molecule has 0 aliphatic carbocycles. The Morgan fingerprint density at radius 3 is 2.00 bits per heavy atom. The van der Waals surface area contributed by atoms with Gasteiger partial charge in [0, 0.05) is 11.1 Å². The molecule has 0 aliphatic heterocycles. The molecule has 5 heteroatoms. The van der Waals surface area contributed by atoms with Crippen molar-refractivity contribution in [2.45, 2.75) is 26.2 Å². The molecule has 0 aromatic heterocycles. The summed E-state index contributed by atoms with van der Waals surface area (Å²) in [6, 6.07) is 15.6. The number of aliphatic carboxylic acids is 1. The van der Waals surface area contributed by atoms with E-state index in [9.17, 15) is 14.7 Å². The molecule has 2 N–H and O–H groups in total. The van der Waals surface area contributed by atoms with Gasteiger partial charge < -0.3 is 5.11 Å². The molecular weight excluding hydrogens is 304 g/mol. The molecule has 0 spiro atoms. The molecule has 0 atom stereocenters. The molecule has 0 fully saturated rings. The van der Waals surface area contributed by atoms with Gasteiger partial charge in [-0.3, -0.25) is 4.79 Å². The van der Waals surface area contributed by atoms with Gasteiger partial charge in [0.25, 0.3) is 5.91 Å². The first-order chi connectivity index (χ1) is 11.3. The first-order valence-corrected chi connectivity index (χ1v) is 7.56. The number of carbonyl (C=O) groups is 2.